The Kier molecular flexibility index (Phi) is 6.52. The Balaban J connectivity index is 2.08. The average molecular weight is 373 g/mol. The number of nitrogens with one attached hydrogen (secondary N) is 2. The summed E-state index contributed by atoms with van der Waals surface area (Å²) in [6, 6.07) is 12.4. The van der Waals surface area contributed by atoms with Gasteiger partial charge < -0.3 is 10.6 Å². The van der Waals surface area contributed by atoms with Crippen LogP contribution in [0.25, 0.3) is 0 Å². The van der Waals surface area contributed by atoms with Gasteiger partial charge in [-0.3, -0.25) is 14.4 Å². The minimum absolute atomic E-state index is 0.0434. The first-order valence-corrected chi connectivity index (χ1v) is 8.64. The fraction of sp³-hybridized carbons (Fsp3) is 0.250. The number of amides is 2. The molecule has 1 atom stereocenters. The minimum Gasteiger partial charge on any atom is -0.340 e. The fourth-order valence-corrected chi connectivity index (χ4v) is 2.50. The molecule has 0 aliphatic heterocycles. The van der Waals surface area contributed by atoms with E-state index in [1.54, 1.807) is 48.5 Å². The van der Waals surface area contributed by atoms with Crippen molar-refractivity contribution >= 4 is 34.9 Å². The number of Topliss-reactive ketones (excluding diaryl/α,β-unsaturated/α-hetero) is 1. The predicted molar refractivity (Wildman–Crippen MR) is 103 cm³/mol. The second-order valence-corrected chi connectivity index (χ2v) is 6.76. The van der Waals surface area contributed by atoms with E-state index in [1.165, 1.54) is 6.92 Å². The van der Waals surface area contributed by atoms with Crippen LogP contribution in [0.3, 0.4) is 0 Å². The van der Waals surface area contributed by atoms with E-state index in [2.05, 4.69) is 10.6 Å². The van der Waals surface area contributed by atoms with Crippen molar-refractivity contribution in [2.75, 3.05) is 5.32 Å². The van der Waals surface area contributed by atoms with E-state index in [0.717, 1.165) is 0 Å². The third-order valence-electron chi connectivity index (χ3n) is 3.90. The maximum atomic E-state index is 12.6. The molecule has 2 N–H and O–H groups in total. The van der Waals surface area contributed by atoms with Gasteiger partial charge in [-0.05, 0) is 61.4 Å². The van der Waals surface area contributed by atoms with Gasteiger partial charge in [0.05, 0.1) is 0 Å². The number of hydrogen-bond donors (Lipinski definition) is 2. The van der Waals surface area contributed by atoms with Crippen molar-refractivity contribution in [2.24, 2.45) is 5.92 Å². The summed E-state index contributed by atoms with van der Waals surface area (Å²) in [5.74, 6) is -0.818. The van der Waals surface area contributed by atoms with Gasteiger partial charge in [0, 0.05) is 21.8 Å². The van der Waals surface area contributed by atoms with Crippen LogP contribution in [0.15, 0.2) is 48.5 Å². The molecule has 2 aromatic carbocycles. The van der Waals surface area contributed by atoms with Crippen molar-refractivity contribution in [3.63, 3.8) is 0 Å². The van der Waals surface area contributed by atoms with Crippen LogP contribution in [0.2, 0.25) is 5.02 Å². The van der Waals surface area contributed by atoms with Crippen molar-refractivity contribution in [3.8, 4) is 0 Å². The van der Waals surface area contributed by atoms with Gasteiger partial charge in [0.2, 0.25) is 5.91 Å². The molecule has 2 rings (SSSR count). The molecule has 0 fully saturated rings. The molecule has 5 nitrogen and oxygen atoms in total. The summed E-state index contributed by atoms with van der Waals surface area (Å²) < 4.78 is 0. The third kappa shape index (κ3) is 5.17. The third-order valence-corrected chi connectivity index (χ3v) is 4.15. The van der Waals surface area contributed by atoms with E-state index in [0.29, 0.717) is 21.8 Å². The zero-order valence-corrected chi connectivity index (χ0v) is 15.6. The van der Waals surface area contributed by atoms with E-state index in [9.17, 15) is 14.4 Å². The van der Waals surface area contributed by atoms with E-state index in [-0.39, 0.29) is 23.5 Å². The molecule has 0 aromatic heterocycles. The Morgan fingerprint density at radius 2 is 1.42 bits per heavy atom. The van der Waals surface area contributed by atoms with E-state index in [1.807, 2.05) is 13.8 Å². The van der Waals surface area contributed by atoms with Crippen LogP contribution in [0, 0.1) is 5.92 Å². The smallest absolute Gasteiger partial charge is 0.251 e. The zero-order chi connectivity index (χ0) is 19.3. The maximum absolute atomic E-state index is 12.6. The van der Waals surface area contributed by atoms with E-state index < -0.39 is 6.04 Å². The summed E-state index contributed by atoms with van der Waals surface area (Å²) in [4.78, 5) is 36.3. The van der Waals surface area contributed by atoms with Crippen molar-refractivity contribution in [1.82, 2.24) is 5.32 Å². The van der Waals surface area contributed by atoms with Crippen LogP contribution < -0.4 is 10.6 Å². The Bertz CT molecular complexity index is 799. The molecule has 6 heteroatoms. The number of ketones is 1. The highest BCUT2D eigenvalue weighted by molar-refractivity contribution is 6.30. The Morgan fingerprint density at radius 1 is 0.885 bits per heavy atom. The van der Waals surface area contributed by atoms with Gasteiger partial charge in [0.15, 0.2) is 5.78 Å². The Morgan fingerprint density at radius 3 is 1.92 bits per heavy atom. The number of carbonyl (C=O) groups excluding carboxylic acids is 3. The second-order valence-electron chi connectivity index (χ2n) is 6.32. The predicted octanol–water partition coefficient (Wildman–Crippen LogP) is 3.94. The molecule has 2 aromatic rings. The lowest BCUT2D eigenvalue weighted by Crippen LogP contribution is -2.47. The van der Waals surface area contributed by atoms with Gasteiger partial charge in [0.1, 0.15) is 6.04 Å². The Labute approximate surface area is 157 Å². The molecular formula is C20H21ClN2O3. The van der Waals surface area contributed by atoms with Crippen molar-refractivity contribution < 1.29 is 14.4 Å². The topological polar surface area (TPSA) is 75.3 Å². The first kappa shape index (κ1) is 19.7. The largest absolute Gasteiger partial charge is 0.340 e. The summed E-state index contributed by atoms with van der Waals surface area (Å²) in [6.07, 6.45) is 0. The number of rotatable bonds is 6. The number of halogens is 1. The quantitative estimate of drug-likeness (QED) is 0.754. The van der Waals surface area contributed by atoms with Crippen LogP contribution in [-0.4, -0.2) is 23.6 Å². The number of benzene rings is 2. The van der Waals surface area contributed by atoms with Crippen LogP contribution in [-0.2, 0) is 4.79 Å². The van der Waals surface area contributed by atoms with Crippen molar-refractivity contribution in [1.29, 1.82) is 0 Å². The van der Waals surface area contributed by atoms with Gasteiger partial charge in [-0.15, -0.1) is 0 Å². The molecule has 0 saturated carbocycles. The lowest BCUT2D eigenvalue weighted by atomic mass is 10.0. The average Bonchev–Trinajstić information content (AvgIpc) is 2.60. The van der Waals surface area contributed by atoms with Gasteiger partial charge in [0.25, 0.3) is 5.91 Å². The molecule has 2 amide bonds. The lowest BCUT2D eigenvalue weighted by Gasteiger charge is -2.22. The molecule has 0 spiro atoms. The summed E-state index contributed by atoms with van der Waals surface area (Å²) >= 11 is 5.83. The first-order valence-electron chi connectivity index (χ1n) is 8.26. The summed E-state index contributed by atoms with van der Waals surface area (Å²) in [5, 5.41) is 6.06. The molecule has 136 valence electrons. The van der Waals surface area contributed by atoms with E-state index >= 15 is 0 Å². The molecular weight excluding hydrogens is 352 g/mol. The van der Waals surface area contributed by atoms with Crippen LogP contribution in [0.4, 0.5) is 5.69 Å². The molecule has 0 saturated heterocycles. The molecule has 0 radical (unpaired) electrons. The highest BCUT2D eigenvalue weighted by atomic mass is 35.5. The zero-order valence-electron chi connectivity index (χ0n) is 14.9. The second kappa shape index (κ2) is 8.63. The highest BCUT2D eigenvalue weighted by Crippen LogP contribution is 2.14. The van der Waals surface area contributed by atoms with Gasteiger partial charge in [-0.2, -0.15) is 0 Å². The van der Waals surface area contributed by atoms with Crippen LogP contribution >= 0.6 is 11.6 Å². The number of carbonyl (C=O) groups is 3. The standard InChI is InChI=1S/C20H21ClN2O3/c1-12(2)18(23-19(25)15-4-8-16(21)9-5-15)20(26)22-17-10-6-14(7-11-17)13(3)24/h4-12,18H,1-3H3,(H,22,26)(H,23,25). The molecule has 0 bridgehead atoms. The first-order chi connectivity index (χ1) is 12.3. The normalized spacial score (nSPS) is 11.7. The summed E-state index contributed by atoms with van der Waals surface area (Å²) in [7, 11) is 0. The van der Waals surface area contributed by atoms with Crippen LogP contribution in [0.5, 0.6) is 0 Å². The van der Waals surface area contributed by atoms with Gasteiger partial charge in [-0.1, -0.05) is 25.4 Å². The van der Waals surface area contributed by atoms with Crippen molar-refractivity contribution in [3.05, 3.63) is 64.7 Å². The van der Waals surface area contributed by atoms with Gasteiger partial charge in [-0.25, -0.2) is 0 Å². The molecule has 26 heavy (non-hydrogen) atoms. The molecule has 0 aliphatic carbocycles. The highest BCUT2D eigenvalue weighted by Gasteiger charge is 2.24. The maximum Gasteiger partial charge on any atom is 0.251 e. The Hall–Kier alpha value is -2.66. The molecule has 0 aliphatic rings. The van der Waals surface area contributed by atoms with Crippen molar-refractivity contribution in [2.45, 2.75) is 26.8 Å². The lowest BCUT2D eigenvalue weighted by molar-refractivity contribution is -0.118. The monoisotopic (exact) mass is 372 g/mol. The fourth-order valence-electron chi connectivity index (χ4n) is 2.37. The summed E-state index contributed by atoms with van der Waals surface area (Å²) in [6.45, 7) is 5.19. The molecule has 0 heterocycles. The van der Waals surface area contributed by atoms with Crippen LogP contribution in [0.1, 0.15) is 41.5 Å². The minimum atomic E-state index is -0.703. The van der Waals surface area contributed by atoms with Gasteiger partial charge >= 0.3 is 0 Å². The number of hydrogen-bond acceptors (Lipinski definition) is 3. The SMILES string of the molecule is CC(=O)c1ccc(NC(=O)C(NC(=O)c2ccc(Cl)cc2)C(C)C)cc1. The molecule has 1 unspecified atom stereocenters. The van der Waals surface area contributed by atoms with E-state index in [4.69, 9.17) is 11.6 Å². The number of anilines is 1. The summed E-state index contributed by atoms with van der Waals surface area (Å²) in [5.41, 5.74) is 1.56.